The topological polar surface area (TPSA) is 33.9 Å². The normalized spacial score (nSPS) is 24.0. The highest BCUT2D eigenvalue weighted by Crippen LogP contribution is 2.30. The molecule has 1 saturated heterocycles. The van der Waals surface area contributed by atoms with Crippen LogP contribution in [0.25, 0.3) is 0 Å². The third-order valence-electron chi connectivity index (χ3n) is 4.71. The van der Waals surface area contributed by atoms with Gasteiger partial charge in [0.15, 0.2) is 0 Å². The van der Waals surface area contributed by atoms with E-state index in [2.05, 4.69) is 33.8 Å². The smallest absolute Gasteiger partial charge is 0.137 e. The summed E-state index contributed by atoms with van der Waals surface area (Å²) in [5.41, 5.74) is 1.25. The van der Waals surface area contributed by atoms with Gasteiger partial charge < -0.3 is 14.7 Å². The minimum absolute atomic E-state index is 0.0498. The summed E-state index contributed by atoms with van der Waals surface area (Å²) in [5.74, 6) is 0.899. The van der Waals surface area contributed by atoms with Crippen molar-refractivity contribution >= 4 is 0 Å². The van der Waals surface area contributed by atoms with E-state index in [0.717, 1.165) is 12.3 Å². The van der Waals surface area contributed by atoms with Gasteiger partial charge in [0.05, 0.1) is 12.6 Å². The van der Waals surface area contributed by atoms with Crippen molar-refractivity contribution in [3.63, 3.8) is 0 Å². The number of hydrogen-bond acceptors (Lipinski definition) is 2. The zero-order valence-corrected chi connectivity index (χ0v) is 14.6. The Morgan fingerprint density at radius 3 is 2.68 bits per heavy atom. The zero-order chi connectivity index (χ0) is 16.2. The SMILES string of the molecule is C[C@H]1CCCC[NH+]1C[C@H](O)COc1ccccc1C(C)(C)C. The lowest BCUT2D eigenvalue weighted by Gasteiger charge is -2.31. The lowest BCUT2D eigenvalue weighted by Crippen LogP contribution is -3.17. The standard InChI is InChI=1S/C19H31NO2/c1-15-9-7-8-12-20(15)13-16(21)14-22-18-11-6-5-10-17(18)19(2,3)4/h5-6,10-11,15-16,21H,7-9,12-14H2,1-4H3/p+1/t15-,16-/m0/s1. The summed E-state index contributed by atoms with van der Waals surface area (Å²) >= 11 is 0. The molecule has 2 N–H and O–H groups in total. The number of hydrogen-bond donors (Lipinski definition) is 2. The first-order valence-electron chi connectivity index (χ1n) is 8.63. The van der Waals surface area contributed by atoms with Crippen molar-refractivity contribution in [2.75, 3.05) is 19.7 Å². The van der Waals surface area contributed by atoms with Crippen molar-refractivity contribution in [3.8, 4) is 5.75 Å². The summed E-state index contributed by atoms with van der Waals surface area (Å²) < 4.78 is 5.94. The Kier molecular flexibility index (Phi) is 5.87. The second kappa shape index (κ2) is 7.47. The van der Waals surface area contributed by atoms with Crippen LogP contribution in [0, 0.1) is 0 Å². The van der Waals surface area contributed by atoms with Gasteiger partial charge >= 0.3 is 0 Å². The molecule has 3 heteroatoms. The Balaban J connectivity index is 1.90. The number of aliphatic hydroxyl groups is 1. The number of benzene rings is 1. The quantitative estimate of drug-likeness (QED) is 0.874. The van der Waals surface area contributed by atoms with E-state index in [0.29, 0.717) is 12.6 Å². The van der Waals surface area contributed by atoms with E-state index in [9.17, 15) is 5.11 Å². The van der Waals surface area contributed by atoms with Gasteiger partial charge in [-0.3, -0.25) is 0 Å². The number of rotatable bonds is 5. The Bertz CT molecular complexity index is 467. The first-order chi connectivity index (χ1) is 10.4. The Morgan fingerprint density at radius 1 is 1.27 bits per heavy atom. The minimum atomic E-state index is -0.399. The maximum Gasteiger partial charge on any atom is 0.137 e. The summed E-state index contributed by atoms with van der Waals surface area (Å²) in [5, 5.41) is 10.3. The maximum atomic E-state index is 10.3. The molecule has 1 heterocycles. The maximum absolute atomic E-state index is 10.3. The molecule has 0 saturated carbocycles. The molecule has 1 aromatic rings. The van der Waals surface area contributed by atoms with Crippen molar-refractivity contribution in [1.82, 2.24) is 0 Å². The van der Waals surface area contributed by atoms with Crippen LogP contribution in [0.2, 0.25) is 0 Å². The van der Waals surface area contributed by atoms with Gasteiger partial charge in [-0.25, -0.2) is 0 Å². The molecule has 0 bridgehead atoms. The van der Waals surface area contributed by atoms with Crippen LogP contribution in [0.4, 0.5) is 0 Å². The fourth-order valence-corrected chi connectivity index (χ4v) is 3.32. The number of para-hydroxylation sites is 1. The van der Waals surface area contributed by atoms with E-state index >= 15 is 0 Å². The summed E-state index contributed by atoms with van der Waals surface area (Å²) in [6.45, 7) is 11.2. The predicted octanol–water partition coefficient (Wildman–Crippen LogP) is 2.18. The molecule has 22 heavy (non-hydrogen) atoms. The third-order valence-corrected chi connectivity index (χ3v) is 4.71. The molecule has 0 amide bonds. The van der Waals surface area contributed by atoms with Gasteiger partial charge in [-0.1, -0.05) is 39.0 Å². The molecule has 3 nitrogen and oxygen atoms in total. The first kappa shape index (κ1) is 17.3. The molecule has 0 aliphatic carbocycles. The Hall–Kier alpha value is -1.06. The summed E-state index contributed by atoms with van der Waals surface area (Å²) in [4.78, 5) is 1.52. The molecule has 1 aromatic carbocycles. The number of piperidine rings is 1. The van der Waals surface area contributed by atoms with Crippen LogP contribution in [0.3, 0.4) is 0 Å². The van der Waals surface area contributed by atoms with E-state index in [1.165, 1.54) is 36.3 Å². The lowest BCUT2D eigenvalue weighted by atomic mass is 9.86. The van der Waals surface area contributed by atoms with Crippen LogP contribution in [0.1, 0.15) is 52.5 Å². The second-order valence-electron chi connectivity index (χ2n) is 7.72. The van der Waals surface area contributed by atoms with Crippen molar-refractivity contribution in [3.05, 3.63) is 29.8 Å². The summed E-state index contributed by atoms with van der Waals surface area (Å²) in [7, 11) is 0. The van der Waals surface area contributed by atoms with Crippen molar-refractivity contribution < 1.29 is 14.7 Å². The Morgan fingerprint density at radius 2 is 2.00 bits per heavy atom. The zero-order valence-electron chi connectivity index (χ0n) is 14.6. The molecule has 1 fully saturated rings. The number of ether oxygens (including phenoxy) is 1. The van der Waals surface area contributed by atoms with E-state index in [1.54, 1.807) is 0 Å². The number of quaternary nitrogens is 1. The molecule has 1 unspecified atom stereocenters. The molecule has 1 aliphatic heterocycles. The lowest BCUT2D eigenvalue weighted by molar-refractivity contribution is -0.931. The van der Waals surface area contributed by atoms with Crippen molar-refractivity contribution in [2.45, 2.75) is 64.5 Å². The van der Waals surface area contributed by atoms with Gasteiger partial charge in [0.2, 0.25) is 0 Å². The fraction of sp³-hybridized carbons (Fsp3) is 0.684. The predicted molar refractivity (Wildman–Crippen MR) is 90.7 cm³/mol. The highest BCUT2D eigenvalue weighted by atomic mass is 16.5. The van der Waals surface area contributed by atoms with Crippen LogP contribution in [0.15, 0.2) is 24.3 Å². The molecule has 2 rings (SSSR count). The summed E-state index contributed by atoms with van der Waals surface area (Å²) in [6, 6.07) is 8.81. The fourth-order valence-electron chi connectivity index (χ4n) is 3.32. The number of likely N-dealkylation sites (tertiary alicyclic amines) is 1. The van der Waals surface area contributed by atoms with E-state index in [-0.39, 0.29) is 5.41 Å². The van der Waals surface area contributed by atoms with Gasteiger partial charge in [0, 0.05) is 0 Å². The van der Waals surface area contributed by atoms with Crippen molar-refractivity contribution in [1.29, 1.82) is 0 Å². The van der Waals surface area contributed by atoms with Crippen LogP contribution >= 0.6 is 0 Å². The van der Waals surface area contributed by atoms with Gasteiger partial charge in [0.25, 0.3) is 0 Å². The molecule has 124 valence electrons. The van der Waals surface area contributed by atoms with Crippen LogP contribution < -0.4 is 9.64 Å². The van der Waals surface area contributed by atoms with Gasteiger partial charge in [-0.15, -0.1) is 0 Å². The van der Waals surface area contributed by atoms with Gasteiger partial charge in [0.1, 0.15) is 25.0 Å². The van der Waals surface area contributed by atoms with Crippen LogP contribution in [-0.4, -0.2) is 36.9 Å². The number of nitrogens with one attached hydrogen (secondary N) is 1. The molecule has 0 aromatic heterocycles. The van der Waals surface area contributed by atoms with E-state index in [4.69, 9.17) is 4.74 Å². The summed E-state index contributed by atoms with van der Waals surface area (Å²) in [6.07, 6.45) is 3.48. The molecule has 0 radical (unpaired) electrons. The van der Waals surface area contributed by atoms with E-state index in [1.807, 2.05) is 18.2 Å². The van der Waals surface area contributed by atoms with E-state index < -0.39 is 6.10 Å². The highest BCUT2D eigenvalue weighted by Gasteiger charge is 2.25. The minimum Gasteiger partial charge on any atom is -0.490 e. The third kappa shape index (κ3) is 4.72. The van der Waals surface area contributed by atoms with Gasteiger partial charge in [-0.05, 0) is 43.2 Å². The average molecular weight is 306 g/mol. The Labute approximate surface area is 135 Å². The molecule has 1 aliphatic rings. The highest BCUT2D eigenvalue weighted by molar-refractivity contribution is 5.38. The second-order valence-corrected chi connectivity index (χ2v) is 7.72. The van der Waals surface area contributed by atoms with Crippen LogP contribution in [0.5, 0.6) is 5.75 Å². The van der Waals surface area contributed by atoms with Gasteiger partial charge in [-0.2, -0.15) is 0 Å². The molecule has 3 atom stereocenters. The largest absolute Gasteiger partial charge is 0.490 e. The van der Waals surface area contributed by atoms with Crippen LogP contribution in [-0.2, 0) is 5.41 Å². The molecule has 0 spiro atoms. The molecular formula is C19H32NO2+. The first-order valence-corrected chi connectivity index (χ1v) is 8.63. The average Bonchev–Trinajstić information content (AvgIpc) is 2.47. The monoisotopic (exact) mass is 306 g/mol. The number of aliphatic hydroxyl groups excluding tert-OH is 1. The molecular weight excluding hydrogens is 274 g/mol. The van der Waals surface area contributed by atoms with Crippen molar-refractivity contribution in [2.24, 2.45) is 0 Å².